The zero-order chi connectivity index (χ0) is 11.8. The van der Waals surface area contributed by atoms with E-state index in [0.29, 0.717) is 10.4 Å². The number of hydrogen-bond acceptors (Lipinski definition) is 3. The summed E-state index contributed by atoms with van der Waals surface area (Å²) >= 11 is 1.64. The van der Waals surface area contributed by atoms with Gasteiger partial charge in [0.2, 0.25) is 0 Å². The minimum absolute atomic E-state index is 0.160. The van der Waals surface area contributed by atoms with Crippen molar-refractivity contribution >= 4 is 22.6 Å². The van der Waals surface area contributed by atoms with Gasteiger partial charge in [0.05, 0.1) is 12.2 Å². The van der Waals surface area contributed by atoms with Crippen LogP contribution in [0.4, 0.5) is 14.5 Å². The highest BCUT2D eigenvalue weighted by atomic mass is 32.2. The number of amidine groups is 1. The lowest BCUT2D eigenvalue weighted by atomic mass is 10.3. The highest BCUT2D eigenvalue weighted by molar-refractivity contribution is 8.15. The molecule has 0 bridgehead atoms. The van der Waals surface area contributed by atoms with E-state index >= 15 is 0 Å². The molecule has 1 unspecified atom stereocenters. The Bertz CT molecular complexity index is 472. The van der Waals surface area contributed by atoms with Crippen molar-refractivity contribution in [3.05, 3.63) is 29.8 Å². The highest BCUT2D eigenvalue weighted by Gasteiger charge is 2.35. The first-order chi connectivity index (χ1) is 8.24. The molecule has 1 saturated carbocycles. The lowest BCUT2D eigenvalue weighted by Gasteiger charge is -2.08. The van der Waals surface area contributed by atoms with Crippen molar-refractivity contribution in [3.63, 3.8) is 0 Å². The molecule has 1 fully saturated rings. The first kappa shape index (κ1) is 11.0. The predicted molar refractivity (Wildman–Crippen MR) is 66.4 cm³/mol. The number of thioether (sulfide) groups is 1. The summed E-state index contributed by atoms with van der Waals surface area (Å²) in [4.78, 5) is 4.32. The minimum Gasteiger partial charge on any atom is -0.332 e. The second-order valence-corrected chi connectivity index (χ2v) is 5.59. The average molecular weight is 254 g/mol. The van der Waals surface area contributed by atoms with Gasteiger partial charge in [0.1, 0.15) is 0 Å². The quantitative estimate of drug-likeness (QED) is 0.876. The minimum atomic E-state index is -0.842. The molecule has 17 heavy (non-hydrogen) atoms. The van der Waals surface area contributed by atoms with Gasteiger partial charge < -0.3 is 5.32 Å². The van der Waals surface area contributed by atoms with Crippen molar-refractivity contribution in [1.82, 2.24) is 0 Å². The Morgan fingerprint density at radius 1 is 1.29 bits per heavy atom. The molecule has 1 aliphatic heterocycles. The normalized spacial score (nSPS) is 23.6. The Balaban J connectivity index is 1.69. The monoisotopic (exact) mass is 254 g/mol. The summed E-state index contributed by atoms with van der Waals surface area (Å²) in [5.74, 6) is -0.914. The Kier molecular flexibility index (Phi) is 2.78. The SMILES string of the molecule is Fc1cccc(NC2=NCC(C3CC3)S2)c1F. The summed E-state index contributed by atoms with van der Waals surface area (Å²) in [5, 5.41) is 4.08. The Hall–Kier alpha value is -1.10. The number of aliphatic imine (C=N–C) groups is 1. The molecule has 90 valence electrons. The van der Waals surface area contributed by atoms with Gasteiger partial charge >= 0.3 is 0 Å². The molecule has 1 aromatic carbocycles. The number of hydrogen-bond donors (Lipinski definition) is 1. The number of nitrogens with zero attached hydrogens (tertiary/aromatic N) is 1. The molecule has 2 aliphatic rings. The number of rotatable bonds is 2. The molecule has 1 aromatic rings. The van der Waals surface area contributed by atoms with Crippen LogP contribution in [-0.2, 0) is 0 Å². The van der Waals surface area contributed by atoms with Crippen LogP contribution < -0.4 is 5.32 Å². The topological polar surface area (TPSA) is 24.4 Å². The zero-order valence-electron chi connectivity index (χ0n) is 9.12. The molecule has 0 saturated heterocycles. The molecule has 3 rings (SSSR count). The lowest BCUT2D eigenvalue weighted by molar-refractivity contribution is 0.512. The van der Waals surface area contributed by atoms with Crippen LogP contribution in [0, 0.1) is 17.6 Å². The lowest BCUT2D eigenvalue weighted by Crippen LogP contribution is -2.10. The molecule has 0 spiro atoms. The smallest absolute Gasteiger partial charge is 0.182 e. The molecule has 2 nitrogen and oxygen atoms in total. The molecule has 0 radical (unpaired) electrons. The summed E-state index contributed by atoms with van der Waals surface area (Å²) in [6.07, 6.45) is 2.55. The van der Waals surface area contributed by atoms with Gasteiger partial charge in [-0.15, -0.1) is 0 Å². The Morgan fingerprint density at radius 3 is 2.88 bits per heavy atom. The summed E-state index contributed by atoms with van der Waals surface area (Å²) in [5.41, 5.74) is 0.160. The average Bonchev–Trinajstić information content (AvgIpc) is 3.06. The van der Waals surface area contributed by atoms with Gasteiger partial charge in [-0.3, -0.25) is 4.99 Å². The third kappa shape index (κ3) is 2.29. The first-order valence-corrected chi connectivity index (χ1v) is 6.54. The summed E-state index contributed by atoms with van der Waals surface area (Å²) < 4.78 is 26.4. The maximum atomic E-state index is 13.4. The highest BCUT2D eigenvalue weighted by Crippen LogP contribution is 2.42. The number of anilines is 1. The van der Waals surface area contributed by atoms with Crippen molar-refractivity contribution in [3.8, 4) is 0 Å². The fourth-order valence-electron chi connectivity index (χ4n) is 1.89. The zero-order valence-corrected chi connectivity index (χ0v) is 9.94. The maximum absolute atomic E-state index is 13.4. The van der Waals surface area contributed by atoms with Crippen LogP contribution in [0.3, 0.4) is 0 Å². The second-order valence-electron chi connectivity index (χ2n) is 4.37. The Labute approximate surface area is 103 Å². The number of benzene rings is 1. The van der Waals surface area contributed by atoms with Crippen LogP contribution in [0.25, 0.3) is 0 Å². The molecule has 1 aliphatic carbocycles. The van der Waals surface area contributed by atoms with E-state index in [-0.39, 0.29) is 5.69 Å². The third-order valence-corrected chi connectivity index (χ3v) is 4.31. The standard InChI is InChI=1S/C12H12F2N2S/c13-8-2-1-3-9(11(8)14)16-12-15-6-10(17-12)7-4-5-7/h1-3,7,10H,4-6H2,(H,15,16). The fraction of sp³-hybridized carbons (Fsp3) is 0.417. The molecular weight excluding hydrogens is 242 g/mol. The van der Waals surface area contributed by atoms with E-state index in [1.807, 2.05) is 0 Å². The molecule has 1 heterocycles. The van der Waals surface area contributed by atoms with Crippen molar-refractivity contribution in [2.24, 2.45) is 10.9 Å². The van der Waals surface area contributed by atoms with Crippen LogP contribution in [0.15, 0.2) is 23.2 Å². The Morgan fingerprint density at radius 2 is 2.12 bits per heavy atom. The van der Waals surface area contributed by atoms with E-state index in [4.69, 9.17) is 0 Å². The van der Waals surface area contributed by atoms with Gasteiger partial charge in [-0.2, -0.15) is 0 Å². The third-order valence-electron chi connectivity index (χ3n) is 3.02. The van der Waals surface area contributed by atoms with Gasteiger partial charge in [-0.05, 0) is 30.9 Å². The van der Waals surface area contributed by atoms with Crippen molar-refractivity contribution in [2.75, 3.05) is 11.9 Å². The predicted octanol–water partition coefficient (Wildman–Crippen LogP) is 3.26. The van der Waals surface area contributed by atoms with Gasteiger partial charge in [-0.25, -0.2) is 8.78 Å². The van der Waals surface area contributed by atoms with E-state index in [9.17, 15) is 8.78 Å². The second kappa shape index (κ2) is 4.29. The van der Waals surface area contributed by atoms with Gasteiger partial charge in [0.25, 0.3) is 0 Å². The van der Waals surface area contributed by atoms with Crippen molar-refractivity contribution in [2.45, 2.75) is 18.1 Å². The molecule has 0 amide bonds. The van der Waals surface area contributed by atoms with E-state index in [2.05, 4.69) is 10.3 Å². The molecule has 1 N–H and O–H groups in total. The summed E-state index contributed by atoms with van der Waals surface area (Å²) in [6, 6.07) is 4.11. The number of nitrogens with one attached hydrogen (secondary N) is 1. The van der Waals surface area contributed by atoms with E-state index in [1.165, 1.54) is 25.0 Å². The van der Waals surface area contributed by atoms with Crippen LogP contribution in [0.2, 0.25) is 0 Å². The number of halogens is 2. The molecule has 0 aromatic heterocycles. The maximum Gasteiger partial charge on any atom is 0.182 e. The van der Waals surface area contributed by atoms with Crippen LogP contribution in [-0.4, -0.2) is 17.0 Å². The summed E-state index contributed by atoms with van der Waals surface area (Å²) in [6.45, 7) is 0.786. The molecule has 1 atom stereocenters. The van der Waals surface area contributed by atoms with E-state index in [1.54, 1.807) is 11.8 Å². The molecule has 5 heteroatoms. The van der Waals surface area contributed by atoms with Crippen LogP contribution in [0.5, 0.6) is 0 Å². The van der Waals surface area contributed by atoms with Gasteiger partial charge in [0.15, 0.2) is 16.8 Å². The van der Waals surface area contributed by atoms with Crippen molar-refractivity contribution < 1.29 is 8.78 Å². The van der Waals surface area contributed by atoms with E-state index < -0.39 is 11.6 Å². The molecular formula is C12H12F2N2S. The largest absolute Gasteiger partial charge is 0.332 e. The van der Waals surface area contributed by atoms with Crippen LogP contribution >= 0.6 is 11.8 Å². The van der Waals surface area contributed by atoms with Gasteiger partial charge in [-0.1, -0.05) is 17.8 Å². The van der Waals surface area contributed by atoms with Crippen molar-refractivity contribution in [1.29, 1.82) is 0 Å². The fourth-order valence-corrected chi connectivity index (χ4v) is 3.11. The van der Waals surface area contributed by atoms with E-state index in [0.717, 1.165) is 18.5 Å². The van der Waals surface area contributed by atoms with Crippen LogP contribution in [0.1, 0.15) is 12.8 Å². The van der Waals surface area contributed by atoms with Gasteiger partial charge in [0, 0.05) is 5.25 Å². The first-order valence-electron chi connectivity index (χ1n) is 5.66. The summed E-state index contributed by atoms with van der Waals surface area (Å²) in [7, 11) is 0.